The molecule has 1 radical (unpaired) electrons. The van der Waals surface area contributed by atoms with Crippen LogP contribution >= 0.6 is 0 Å². The summed E-state index contributed by atoms with van der Waals surface area (Å²) in [5.41, 5.74) is 2.75. The summed E-state index contributed by atoms with van der Waals surface area (Å²) in [5.74, 6) is 0. The summed E-state index contributed by atoms with van der Waals surface area (Å²) in [6.45, 7) is 4.34. The minimum Gasteiger partial charge on any atom is -0.0648 e. The van der Waals surface area contributed by atoms with E-state index in [2.05, 4.69) is 44.5 Å². The summed E-state index contributed by atoms with van der Waals surface area (Å²) in [4.78, 5) is 0. The quantitative estimate of drug-likeness (QED) is 0.616. The molecule has 0 fully saturated rings. The molecule has 1 aromatic carbocycles. The summed E-state index contributed by atoms with van der Waals surface area (Å²) in [6, 6.07) is 8.76. The van der Waals surface area contributed by atoms with E-state index >= 15 is 0 Å². The van der Waals surface area contributed by atoms with Gasteiger partial charge in [-0.25, -0.2) is 0 Å². The zero-order valence-corrected chi connectivity index (χ0v) is 7.30. The molecule has 0 heteroatoms. The molecule has 0 saturated carbocycles. The van der Waals surface area contributed by atoms with Crippen molar-refractivity contribution in [2.45, 2.75) is 26.7 Å². The molecule has 0 aliphatic rings. The van der Waals surface area contributed by atoms with E-state index in [4.69, 9.17) is 0 Å². The molecule has 0 unspecified atom stereocenters. The molecular formula is C11H15. The highest BCUT2D eigenvalue weighted by atomic mass is 14.0. The molecule has 0 amide bonds. The Balaban J connectivity index is 2.66. The van der Waals surface area contributed by atoms with Gasteiger partial charge in [-0.1, -0.05) is 38.1 Å². The van der Waals surface area contributed by atoms with E-state index in [1.54, 1.807) is 0 Å². The predicted molar refractivity (Wildman–Crippen MR) is 49.5 cm³/mol. The van der Waals surface area contributed by atoms with E-state index in [0.717, 1.165) is 12.8 Å². The molecule has 0 bridgehead atoms. The first-order valence-electron chi connectivity index (χ1n) is 4.29. The minimum absolute atomic E-state index is 1.12. The molecule has 0 saturated heterocycles. The first-order valence-corrected chi connectivity index (χ1v) is 4.29. The van der Waals surface area contributed by atoms with Crippen molar-refractivity contribution in [2.24, 2.45) is 0 Å². The van der Waals surface area contributed by atoms with Gasteiger partial charge in [0.25, 0.3) is 0 Å². The van der Waals surface area contributed by atoms with Crippen LogP contribution in [0.15, 0.2) is 24.3 Å². The average Bonchev–Trinajstić information content (AvgIpc) is 2.07. The van der Waals surface area contributed by atoms with Crippen LogP contribution in [0, 0.1) is 6.42 Å². The molecule has 0 nitrogen and oxygen atoms in total. The van der Waals surface area contributed by atoms with Gasteiger partial charge in [0, 0.05) is 0 Å². The van der Waals surface area contributed by atoms with Crippen LogP contribution in [0.3, 0.4) is 0 Å². The summed E-state index contributed by atoms with van der Waals surface area (Å²) in [6.07, 6.45) is 4.48. The van der Waals surface area contributed by atoms with Gasteiger partial charge in [0.2, 0.25) is 0 Å². The van der Waals surface area contributed by atoms with Crippen LogP contribution in [-0.2, 0) is 6.42 Å². The van der Waals surface area contributed by atoms with E-state index in [-0.39, 0.29) is 0 Å². The van der Waals surface area contributed by atoms with E-state index in [9.17, 15) is 0 Å². The van der Waals surface area contributed by atoms with Crippen molar-refractivity contribution in [2.75, 3.05) is 0 Å². The lowest BCUT2D eigenvalue weighted by atomic mass is 10.1. The molecule has 0 aliphatic carbocycles. The minimum atomic E-state index is 1.12. The van der Waals surface area contributed by atoms with Crippen molar-refractivity contribution in [1.82, 2.24) is 0 Å². The average molecular weight is 147 g/mol. The zero-order chi connectivity index (χ0) is 8.10. The number of aryl methyl sites for hydroxylation is 1. The molecule has 0 atom stereocenters. The Morgan fingerprint density at radius 3 is 2.18 bits per heavy atom. The smallest absolute Gasteiger partial charge is 0.00958 e. The van der Waals surface area contributed by atoms with E-state index in [0.29, 0.717) is 0 Å². The molecule has 1 aromatic rings. The van der Waals surface area contributed by atoms with E-state index in [1.165, 1.54) is 11.1 Å². The lowest BCUT2D eigenvalue weighted by Gasteiger charge is -1.99. The lowest BCUT2D eigenvalue weighted by Crippen LogP contribution is -1.82. The molecule has 0 aliphatic heterocycles. The van der Waals surface area contributed by atoms with Gasteiger partial charge >= 0.3 is 0 Å². The monoisotopic (exact) mass is 147 g/mol. The fraction of sp³-hybridized carbons (Fsp3) is 0.364. The molecule has 0 heterocycles. The van der Waals surface area contributed by atoms with Crippen LogP contribution in [0.4, 0.5) is 0 Å². The van der Waals surface area contributed by atoms with Crippen molar-refractivity contribution in [3.05, 3.63) is 41.8 Å². The Labute approximate surface area is 69.3 Å². The van der Waals surface area contributed by atoms with Gasteiger partial charge in [0.1, 0.15) is 0 Å². The standard InChI is InChI=1S/C11H15/c1-3-5-11-8-6-10(4-2)7-9-11/h5-9H,3-4H2,1-2H3. The molecule has 11 heavy (non-hydrogen) atoms. The highest BCUT2D eigenvalue weighted by Gasteiger charge is 1.90. The number of benzene rings is 1. The van der Waals surface area contributed by atoms with Crippen LogP contribution in [-0.4, -0.2) is 0 Å². The first-order chi connectivity index (χ1) is 5.36. The second-order valence-corrected chi connectivity index (χ2v) is 2.71. The van der Waals surface area contributed by atoms with Crippen LogP contribution in [0.2, 0.25) is 0 Å². The van der Waals surface area contributed by atoms with Crippen LogP contribution < -0.4 is 0 Å². The Morgan fingerprint density at radius 2 is 1.73 bits per heavy atom. The maximum Gasteiger partial charge on any atom is -0.00958 e. The third-order valence-electron chi connectivity index (χ3n) is 1.83. The number of hydrogen-bond donors (Lipinski definition) is 0. The topological polar surface area (TPSA) is 0 Å². The molecular weight excluding hydrogens is 132 g/mol. The predicted octanol–water partition coefficient (Wildman–Crippen LogP) is 3.21. The summed E-state index contributed by atoms with van der Waals surface area (Å²) < 4.78 is 0. The van der Waals surface area contributed by atoms with Gasteiger partial charge in [-0.15, -0.1) is 0 Å². The maximum atomic E-state index is 2.24. The van der Waals surface area contributed by atoms with Crippen molar-refractivity contribution in [3.8, 4) is 0 Å². The Hall–Kier alpha value is -0.780. The summed E-state index contributed by atoms with van der Waals surface area (Å²) in [7, 11) is 0. The first kappa shape index (κ1) is 8.32. The maximum absolute atomic E-state index is 2.24. The third-order valence-corrected chi connectivity index (χ3v) is 1.83. The highest BCUT2D eigenvalue weighted by Crippen LogP contribution is 2.08. The Bertz CT molecular complexity index is 196. The van der Waals surface area contributed by atoms with Gasteiger partial charge in [-0.05, 0) is 30.4 Å². The second-order valence-electron chi connectivity index (χ2n) is 2.71. The van der Waals surface area contributed by atoms with E-state index < -0.39 is 0 Å². The molecule has 1 rings (SSSR count). The third kappa shape index (κ3) is 2.38. The number of rotatable bonds is 3. The van der Waals surface area contributed by atoms with Gasteiger partial charge in [0.15, 0.2) is 0 Å². The van der Waals surface area contributed by atoms with Gasteiger partial charge in [-0.3, -0.25) is 0 Å². The Morgan fingerprint density at radius 1 is 1.09 bits per heavy atom. The fourth-order valence-electron chi connectivity index (χ4n) is 1.13. The van der Waals surface area contributed by atoms with Crippen LogP contribution in [0.5, 0.6) is 0 Å². The largest absolute Gasteiger partial charge is 0.0648 e. The second kappa shape index (κ2) is 4.17. The molecule has 0 N–H and O–H groups in total. The molecule has 0 spiro atoms. The normalized spacial score (nSPS) is 10.0. The van der Waals surface area contributed by atoms with Crippen molar-refractivity contribution < 1.29 is 0 Å². The highest BCUT2D eigenvalue weighted by molar-refractivity contribution is 5.27. The van der Waals surface area contributed by atoms with Gasteiger partial charge in [-0.2, -0.15) is 0 Å². The summed E-state index contributed by atoms with van der Waals surface area (Å²) in [5, 5.41) is 0. The number of hydrogen-bond acceptors (Lipinski definition) is 0. The van der Waals surface area contributed by atoms with Crippen molar-refractivity contribution >= 4 is 0 Å². The van der Waals surface area contributed by atoms with Gasteiger partial charge in [0.05, 0.1) is 0 Å². The SMILES string of the molecule is CC[CH]c1ccc(CC)cc1. The van der Waals surface area contributed by atoms with Crippen LogP contribution in [0.25, 0.3) is 0 Å². The van der Waals surface area contributed by atoms with Crippen molar-refractivity contribution in [3.63, 3.8) is 0 Å². The fourth-order valence-corrected chi connectivity index (χ4v) is 1.13. The zero-order valence-electron chi connectivity index (χ0n) is 7.30. The Kier molecular flexibility index (Phi) is 3.15. The van der Waals surface area contributed by atoms with Crippen LogP contribution in [0.1, 0.15) is 31.4 Å². The van der Waals surface area contributed by atoms with Gasteiger partial charge < -0.3 is 0 Å². The van der Waals surface area contributed by atoms with E-state index in [1.807, 2.05) is 0 Å². The lowest BCUT2D eigenvalue weighted by molar-refractivity contribution is 1.10. The molecule has 59 valence electrons. The molecule has 0 aromatic heterocycles. The summed E-state index contributed by atoms with van der Waals surface area (Å²) >= 11 is 0. The van der Waals surface area contributed by atoms with Crippen molar-refractivity contribution in [1.29, 1.82) is 0 Å².